The van der Waals surface area contributed by atoms with Gasteiger partial charge in [0.2, 0.25) is 5.88 Å². The molecule has 0 bridgehead atoms. The van der Waals surface area contributed by atoms with E-state index >= 15 is 0 Å². The van der Waals surface area contributed by atoms with E-state index < -0.39 is 19.2 Å². The van der Waals surface area contributed by atoms with E-state index in [-0.39, 0.29) is 5.88 Å². The van der Waals surface area contributed by atoms with E-state index in [4.69, 9.17) is 4.74 Å². The van der Waals surface area contributed by atoms with Crippen LogP contribution in [0.3, 0.4) is 0 Å². The van der Waals surface area contributed by atoms with E-state index in [2.05, 4.69) is 24.1 Å². The molecular formula is C13H19F3N2O. The Morgan fingerprint density at radius 1 is 1.32 bits per heavy atom. The van der Waals surface area contributed by atoms with Gasteiger partial charge in [0.1, 0.15) is 0 Å². The minimum absolute atomic E-state index is 0.230. The topological polar surface area (TPSA) is 34.1 Å². The summed E-state index contributed by atoms with van der Waals surface area (Å²) in [5.74, 6) is 0.763. The third-order valence-corrected chi connectivity index (χ3v) is 2.28. The molecule has 3 nitrogen and oxygen atoms in total. The highest BCUT2D eigenvalue weighted by molar-refractivity contribution is 5.15. The Morgan fingerprint density at radius 2 is 2.05 bits per heavy atom. The molecule has 6 heteroatoms. The number of ether oxygens (including phenoxy) is 1. The highest BCUT2D eigenvalue weighted by Gasteiger charge is 2.26. The van der Waals surface area contributed by atoms with Crippen LogP contribution in [-0.2, 0) is 6.54 Å². The third kappa shape index (κ3) is 7.66. The largest absolute Gasteiger partial charge is 0.477 e. The summed E-state index contributed by atoms with van der Waals surface area (Å²) in [4.78, 5) is 4.14. The van der Waals surface area contributed by atoms with Crippen molar-refractivity contribution < 1.29 is 17.9 Å². The first-order valence-corrected chi connectivity index (χ1v) is 6.23. The fourth-order valence-corrected chi connectivity index (χ4v) is 1.40. The van der Waals surface area contributed by atoms with Crippen LogP contribution < -0.4 is 10.1 Å². The van der Waals surface area contributed by atoms with Crippen LogP contribution in [0.4, 0.5) is 13.2 Å². The number of nitrogens with zero attached hydrogens (tertiary/aromatic N) is 1. The summed E-state index contributed by atoms with van der Waals surface area (Å²) < 4.78 is 40.9. The third-order valence-electron chi connectivity index (χ3n) is 2.28. The van der Waals surface area contributed by atoms with Gasteiger partial charge in [-0.05, 0) is 18.5 Å². The normalized spacial score (nSPS) is 11.9. The molecule has 0 unspecified atom stereocenters. The maximum atomic E-state index is 12.0. The molecule has 0 aliphatic rings. The van der Waals surface area contributed by atoms with Gasteiger partial charge in [0, 0.05) is 12.6 Å². The Morgan fingerprint density at radius 3 is 2.68 bits per heavy atom. The number of nitrogens with one attached hydrogen (secondary N) is 1. The van der Waals surface area contributed by atoms with E-state index in [1.54, 1.807) is 12.1 Å². The molecule has 1 heterocycles. The highest BCUT2D eigenvalue weighted by Crippen LogP contribution is 2.19. The molecular weight excluding hydrogens is 257 g/mol. The molecule has 108 valence electrons. The van der Waals surface area contributed by atoms with Gasteiger partial charge in [0.05, 0.1) is 18.7 Å². The van der Waals surface area contributed by atoms with Crippen LogP contribution in [0.15, 0.2) is 18.2 Å². The summed E-state index contributed by atoms with van der Waals surface area (Å²) in [5.41, 5.74) is 0.755. The van der Waals surface area contributed by atoms with Crippen LogP contribution >= 0.6 is 0 Å². The van der Waals surface area contributed by atoms with Crippen molar-refractivity contribution in [3.05, 3.63) is 23.9 Å². The first-order valence-electron chi connectivity index (χ1n) is 6.23. The maximum absolute atomic E-state index is 12.0. The molecule has 0 aromatic carbocycles. The van der Waals surface area contributed by atoms with Crippen LogP contribution in [0.5, 0.6) is 5.88 Å². The number of halogens is 3. The van der Waals surface area contributed by atoms with Gasteiger partial charge in [0.25, 0.3) is 0 Å². The predicted molar refractivity (Wildman–Crippen MR) is 66.9 cm³/mol. The fraction of sp³-hybridized carbons (Fsp3) is 0.615. The molecule has 19 heavy (non-hydrogen) atoms. The van der Waals surface area contributed by atoms with E-state index in [1.807, 2.05) is 6.07 Å². The molecule has 0 saturated heterocycles. The Hall–Kier alpha value is -1.30. The van der Waals surface area contributed by atoms with Crippen molar-refractivity contribution in [3.63, 3.8) is 0 Å². The lowest BCUT2D eigenvalue weighted by Crippen LogP contribution is -2.19. The SMILES string of the molecule is CC(C)CNCc1cccc(OCCC(F)(F)F)n1. The summed E-state index contributed by atoms with van der Waals surface area (Å²) in [6.45, 7) is 5.23. The number of rotatable bonds is 7. The number of hydrogen-bond donors (Lipinski definition) is 1. The second-order valence-corrected chi connectivity index (χ2v) is 4.71. The van der Waals surface area contributed by atoms with Gasteiger partial charge in [-0.25, -0.2) is 4.98 Å². The molecule has 0 aliphatic carbocycles. The summed E-state index contributed by atoms with van der Waals surface area (Å²) in [5, 5.41) is 3.21. The van der Waals surface area contributed by atoms with Gasteiger partial charge >= 0.3 is 6.18 Å². The van der Waals surface area contributed by atoms with Crippen molar-refractivity contribution in [2.45, 2.75) is 33.0 Å². The van der Waals surface area contributed by atoms with Gasteiger partial charge in [-0.1, -0.05) is 19.9 Å². The quantitative estimate of drug-likeness (QED) is 0.830. The molecule has 0 atom stereocenters. The lowest BCUT2D eigenvalue weighted by atomic mass is 10.2. The van der Waals surface area contributed by atoms with Crippen molar-refractivity contribution in [1.82, 2.24) is 10.3 Å². The van der Waals surface area contributed by atoms with Crippen LogP contribution in [0.2, 0.25) is 0 Å². The minimum atomic E-state index is -4.20. The fourth-order valence-electron chi connectivity index (χ4n) is 1.40. The highest BCUT2D eigenvalue weighted by atomic mass is 19.4. The number of alkyl halides is 3. The maximum Gasteiger partial charge on any atom is 0.392 e. The van der Waals surface area contributed by atoms with E-state index in [0.717, 1.165) is 12.2 Å². The molecule has 1 aromatic rings. The average molecular weight is 276 g/mol. The van der Waals surface area contributed by atoms with Crippen LogP contribution in [0, 0.1) is 5.92 Å². The van der Waals surface area contributed by atoms with Gasteiger partial charge in [-0.3, -0.25) is 0 Å². The van der Waals surface area contributed by atoms with Gasteiger partial charge in [-0.2, -0.15) is 13.2 Å². The van der Waals surface area contributed by atoms with E-state index in [1.165, 1.54) is 0 Å². The van der Waals surface area contributed by atoms with Crippen molar-refractivity contribution in [2.75, 3.05) is 13.2 Å². The summed E-state index contributed by atoms with van der Waals surface area (Å²) in [7, 11) is 0. The number of hydrogen-bond acceptors (Lipinski definition) is 3. The van der Waals surface area contributed by atoms with Gasteiger partial charge < -0.3 is 10.1 Å². The van der Waals surface area contributed by atoms with Gasteiger partial charge in [0.15, 0.2) is 0 Å². The zero-order chi connectivity index (χ0) is 14.3. The van der Waals surface area contributed by atoms with Crippen LogP contribution in [0.1, 0.15) is 26.0 Å². The van der Waals surface area contributed by atoms with Crippen molar-refractivity contribution in [1.29, 1.82) is 0 Å². The summed E-state index contributed by atoms with van der Waals surface area (Å²) >= 11 is 0. The second-order valence-electron chi connectivity index (χ2n) is 4.71. The van der Waals surface area contributed by atoms with Crippen molar-refractivity contribution in [2.24, 2.45) is 5.92 Å². The number of aromatic nitrogens is 1. The average Bonchev–Trinajstić information content (AvgIpc) is 2.27. The predicted octanol–water partition coefficient (Wildman–Crippen LogP) is 3.16. The Bertz CT molecular complexity index is 380. The van der Waals surface area contributed by atoms with Gasteiger partial charge in [-0.15, -0.1) is 0 Å². The minimum Gasteiger partial charge on any atom is -0.477 e. The first-order chi connectivity index (χ1) is 8.87. The van der Waals surface area contributed by atoms with Crippen LogP contribution in [0.25, 0.3) is 0 Å². The molecule has 0 saturated carbocycles. The van der Waals surface area contributed by atoms with E-state index in [9.17, 15) is 13.2 Å². The zero-order valence-corrected chi connectivity index (χ0v) is 11.1. The lowest BCUT2D eigenvalue weighted by Gasteiger charge is -2.10. The lowest BCUT2D eigenvalue weighted by molar-refractivity contribution is -0.139. The van der Waals surface area contributed by atoms with Crippen LogP contribution in [-0.4, -0.2) is 24.3 Å². The molecule has 0 aliphatic heterocycles. The van der Waals surface area contributed by atoms with Crippen molar-refractivity contribution in [3.8, 4) is 5.88 Å². The molecule has 0 spiro atoms. The molecule has 0 amide bonds. The molecule has 1 aromatic heterocycles. The Kier molecular flexibility index (Phi) is 6.08. The first kappa shape index (κ1) is 15.8. The number of pyridine rings is 1. The molecule has 0 radical (unpaired) electrons. The monoisotopic (exact) mass is 276 g/mol. The summed E-state index contributed by atoms with van der Waals surface area (Å²) in [6.07, 6.45) is -5.17. The van der Waals surface area contributed by atoms with Crippen molar-refractivity contribution >= 4 is 0 Å². The second kappa shape index (κ2) is 7.33. The molecule has 1 N–H and O–H groups in total. The smallest absolute Gasteiger partial charge is 0.392 e. The standard InChI is InChI=1S/C13H19F3N2O/c1-10(2)8-17-9-11-4-3-5-12(18-11)19-7-6-13(14,15)16/h3-5,10,17H,6-9H2,1-2H3. The zero-order valence-electron chi connectivity index (χ0n) is 11.1. The molecule has 1 rings (SSSR count). The summed E-state index contributed by atoms with van der Waals surface area (Å²) in [6, 6.07) is 5.09. The Balaban J connectivity index is 2.39. The van der Waals surface area contributed by atoms with E-state index in [0.29, 0.717) is 12.5 Å². The Labute approximate surface area is 111 Å². The molecule has 0 fully saturated rings.